The fourth-order valence-electron chi connectivity index (χ4n) is 3.57. The number of sulfonamides is 1. The second kappa shape index (κ2) is 8.41. The number of piperazine rings is 1. The first kappa shape index (κ1) is 19.9. The Morgan fingerprint density at radius 2 is 1.85 bits per heavy atom. The summed E-state index contributed by atoms with van der Waals surface area (Å²) in [5.74, 6) is 1.28. The lowest BCUT2D eigenvalue weighted by atomic mass is 10.1. The van der Waals surface area contributed by atoms with Crippen LogP contribution in [0.15, 0.2) is 33.7 Å². The van der Waals surface area contributed by atoms with Gasteiger partial charge in [0.1, 0.15) is 16.3 Å². The van der Waals surface area contributed by atoms with Gasteiger partial charge in [0.15, 0.2) is 5.76 Å². The minimum Gasteiger partial charge on any atom is -0.496 e. The van der Waals surface area contributed by atoms with Crippen molar-refractivity contribution in [1.29, 1.82) is 0 Å². The fraction of sp³-hybridized carbons (Fsp3) is 0.526. The molecule has 2 aromatic rings. The van der Waals surface area contributed by atoms with Gasteiger partial charge in [-0.1, -0.05) is 23.4 Å². The molecule has 1 saturated heterocycles. The van der Waals surface area contributed by atoms with E-state index in [9.17, 15) is 8.42 Å². The van der Waals surface area contributed by atoms with Crippen LogP contribution in [0.5, 0.6) is 5.75 Å². The van der Waals surface area contributed by atoms with E-state index < -0.39 is 10.0 Å². The minimum atomic E-state index is -3.54. The van der Waals surface area contributed by atoms with Crippen LogP contribution in [-0.2, 0) is 16.4 Å². The molecule has 1 fully saturated rings. The molecule has 0 saturated carbocycles. The molecule has 2 heterocycles. The highest BCUT2D eigenvalue weighted by molar-refractivity contribution is 7.89. The van der Waals surface area contributed by atoms with Crippen molar-refractivity contribution in [2.24, 2.45) is 0 Å². The van der Waals surface area contributed by atoms with Crippen molar-refractivity contribution in [3.8, 4) is 5.75 Å². The highest BCUT2D eigenvalue weighted by Crippen LogP contribution is 2.24. The quantitative estimate of drug-likeness (QED) is 0.718. The van der Waals surface area contributed by atoms with E-state index in [1.807, 2.05) is 18.2 Å². The SMILES string of the molecule is COc1ccccc1CCCN1CCN(S(=O)(=O)c2c(C)noc2C)CC1. The number of aryl methyl sites for hydroxylation is 3. The summed E-state index contributed by atoms with van der Waals surface area (Å²) in [4.78, 5) is 2.53. The molecule has 8 heteroatoms. The van der Waals surface area contributed by atoms with Gasteiger partial charge in [-0.15, -0.1) is 0 Å². The van der Waals surface area contributed by atoms with Crippen LogP contribution in [0.1, 0.15) is 23.4 Å². The minimum absolute atomic E-state index is 0.215. The summed E-state index contributed by atoms with van der Waals surface area (Å²) in [5.41, 5.74) is 1.63. The first-order chi connectivity index (χ1) is 12.9. The van der Waals surface area contributed by atoms with E-state index >= 15 is 0 Å². The highest BCUT2D eigenvalue weighted by Gasteiger charge is 2.33. The van der Waals surface area contributed by atoms with Crippen LogP contribution in [0.25, 0.3) is 0 Å². The van der Waals surface area contributed by atoms with Gasteiger partial charge >= 0.3 is 0 Å². The number of hydrogen-bond acceptors (Lipinski definition) is 6. The van der Waals surface area contributed by atoms with Crippen LogP contribution in [0, 0.1) is 13.8 Å². The fourth-order valence-corrected chi connectivity index (χ4v) is 5.28. The summed E-state index contributed by atoms with van der Waals surface area (Å²) in [5, 5.41) is 3.77. The molecule has 0 atom stereocenters. The van der Waals surface area contributed by atoms with Crippen LogP contribution in [-0.4, -0.2) is 62.6 Å². The Morgan fingerprint density at radius 3 is 2.48 bits per heavy atom. The number of aromatic nitrogens is 1. The molecule has 0 amide bonds. The van der Waals surface area contributed by atoms with E-state index in [0.29, 0.717) is 24.5 Å². The van der Waals surface area contributed by atoms with Crippen molar-refractivity contribution in [1.82, 2.24) is 14.4 Å². The molecule has 0 aliphatic carbocycles. The Hall–Kier alpha value is -1.90. The maximum atomic E-state index is 12.9. The van der Waals surface area contributed by atoms with Gasteiger partial charge in [0.2, 0.25) is 10.0 Å². The molecule has 0 radical (unpaired) electrons. The number of ether oxygens (including phenoxy) is 1. The van der Waals surface area contributed by atoms with Gasteiger partial charge in [-0.3, -0.25) is 0 Å². The monoisotopic (exact) mass is 393 g/mol. The molecular formula is C19H27N3O4S. The zero-order valence-electron chi connectivity index (χ0n) is 16.1. The molecule has 0 spiro atoms. The third-order valence-corrected chi connectivity index (χ3v) is 7.15. The van der Waals surface area contributed by atoms with Crippen LogP contribution < -0.4 is 4.74 Å². The Morgan fingerprint density at radius 1 is 1.15 bits per heavy atom. The summed E-state index contributed by atoms with van der Waals surface area (Å²) in [6, 6.07) is 8.07. The summed E-state index contributed by atoms with van der Waals surface area (Å²) in [6.07, 6.45) is 1.96. The van der Waals surface area contributed by atoms with Crippen molar-refractivity contribution in [2.75, 3.05) is 39.8 Å². The lowest BCUT2D eigenvalue weighted by Crippen LogP contribution is -2.48. The predicted molar refractivity (Wildman–Crippen MR) is 102 cm³/mol. The number of para-hydroxylation sites is 1. The van der Waals surface area contributed by atoms with Gasteiger partial charge in [-0.05, 0) is 44.9 Å². The van der Waals surface area contributed by atoms with Crippen molar-refractivity contribution in [3.63, 3.8) is 0 Å². The average molecular weight is 394 g/mol. The normalized spacial score (nSPS) is 16.6. The number of nitrogens with zero attached hydrogens (tertiary/aromatic N) is 3. The first-order valence-electron chi connectivity index (χ1n) is 9.20. The maximum absolute atomic E-state index is 12.9. The van der Waals surface area contributed by atoms with Gasteiger partial charge < -0.3 is 14.2 Å². The van der Waals surface area contributed by atoms with Crippen molar-refractivity contribution in [3.05, 3.63) is 41.3 Å². The molecule has 3 rings (SSSR count). The van der Waals surface area contributed by atoms with Gasteiger partial charge in [-0.2, -0.15) is 4.31 Å². The summed E-state index contributed by atoms with van der Waals surface area (Å²) in [7, 11) is -1.85. The molecule has 1 aliphatic rings. The zero-order chi connectivity index (χ0) is 19.4. The van der Waals surface area contributed by atoms with E-state index in [2.05, 4.69) is 16.1 Å². The summed E-state index contributed by atoms with van der Waals surface area (Å²) < 4.78 is 37.7. The van der Waals surface area contributed by atoms with E-state index in [-0.39, 0.29) is 4.90 Å². The first-order valence-corrected chi connectivity index (χ1v) is 10.6. The van der Waals surface area contributed by atoms with Crippen LogP contribution in [0.2, 0.25) is 0 Å². The molecule has 27 heavy (non-hydrogen) atoms. The molecule has 148 valence electrons. The third-order valence-electron chi connectivity index (χ3n) is 5.01. The van der Waals surface area contributed by atoms with Gasteiger partial charge in [0, 0.05) is 26.2 Å². The average Bonchev–Trinajstić information content (AvgIpc) is 3.01. The van der Waals surface area contributed by atoms with E-state index in [4.69, 9.17) is 9.26 Å². The van der Waals surface area contributed by atoms with Crippen molar-refractivity contribution < 1.29 is 17.7 Å². The second-order valence-corrected chi connectivity index (χ2v) is 8.69. The molecule has 1 aliphatic heterocycles. The van der Waals surface area contributed by atoms with Crippen molar-refractivity contribution >= 4 is 10.0 Å². The topological polar surface area (TPSA) is 75.9 Å². The number of methoxy groups -OCH3 is 1. The molecule has 0 N–H and O–H groups in total. The lowest BCUT2D eigenvalue weighted by molar-refractivity contribution is 0.186. The van der Waals surface area contributed by atoms with E-state index in [1.54, 1.807) is 21.0 Å². The highest BCUT2D eigenvalue weighted by atomic mass is 32.2. The van der Waals surface area contributed by atoms with Gasteiger partial charge in [0.05, 0.1) is 7.11 Å². The number of rotatable bonds is 7. The maximum Gasteiger partial charge on any atom is 0.248 e. The summed E-state index contributed by atoms with van der Waals surface area (Å²) in [6.45, 7) is 6.68. The largest absolute Gasteiger partial charge is 0.496 e. The zero-order valence-corrected chi connectivity index (χ0v) is 17.0. The van der Waals surface area contributed by atoms with Crippen LogP contribution in [0.3, 0.4) is 0 Å². The number of hydrogen-bond donors (Lipinski definition) is 0. The van der Waals surface area contributed by atoms with Crippen LogP contribution in [0.4, 0.5) is 0 Å². The molecule has 0 unspecified atom stereocenters. The molecule has 0 bridgehead atoms. The standard InChI is InChI=1S/C19H27N3O4S/c1-15-19(16(2)26-20-15)27(23,24)22-13-11-21(12-14-22)10-6-8-17-7-4-5-9-18(17)25-3/h4-5,7,9H,6,8,10-14H2,1-3H3. The Labute approximate surface area is 160 Å². The molecule has 1 aromatic carbocycles. The molecule has 7 nitrogen and oxygen atoms in total. The molecular weight excluding hydrogens is 366 g/mol. The Bertz CT molecular complexity index is 851. The van der Waals surface area contributed by atoms with E-state index in [1.165, 1.54) is 9.87 Å². The molecule has 1 aromatic heterocycles. The smallest absolute Gasteiger partial charge is 0.248 e. The number of benzene rings is 1. The summed E-state index contributed by atoms with van der Waals surface area (Å²) >= 11 is 0. The third kappa shape index (κ3) is 4.34. The lowest BCUT2D eigenvalue weighted by Gasteiger charge is -2.33. The van der Waals surface area contributed by atoms with Crippen molar-refractivity contribution in [2.45, 2.75) is 31.6 Å². The Kier molecular flexibility index (Phi) is 6.18. The van der Waals surface area contributed by atoms with Crippen LogP contribution >= 0.6 is 0 Å². The Balaban J connectivity index is 1.52. The van der Waals surface area contributed by atoms with E-state index in [0.717, 1.165) is 38.2 Å². The second-order valence-electron chi connectivity index (χ2n) is 6.81. The van der Waals surface area contributed by atoms with Gasteiger partial charge in [0.25, 0.3) is 0 Å². The predicted octanol–water partition coefficient (Wildman–Crippen LogP) is 2.24. The van der Waals surface area contributed by atoms with Gasteiger partial charge in [-0.25, -0.2) is 8.42 Å².